The summed E-state index contributed by atoms with van der Waals surface area (Å²) in [4.78, 5) is 32.2. The molecule has 2 atom stereocenters. The average molecular weight is 433 g/mol. The highest BCUT2D eigenvalue weighted by Gasteiger charge is 2.39. The Morgan fingerprint density at radius 3 is 2.62 bits per heavy atom. The number of para-hydroxylation sites is 1. The van der Waals surface area contributed by atoms with E-state index < -0.39 is 11.7 Å². The van der Waals surface area contributed by atoms with Gasteiger partial charge in [-0.25, -0.2) is 14.1 Å². The van der Waals surface area contributed by atoms with Crippen LogP contribution in [0.2, 0.25) is 0 Å². The number of benzene rings is 2. The Kier molecular flexibility index (Phi) is 5.43. The quantitative estimate of drug-likeness (QED) is 0.680. The number of nitrogens with zero attached hydrogens (tertiary/aromatic N) is 4. The van der Waals surface area contributed by atoms with Crippen molar-refractivity contribution in [2.45, 2.75) is 32.1 Å². The van der Waals surface area contributed by atoms with E-state index in [-0.39, 0.29) is 23.4 Å². The number of hydrogen-bond acceptors (Lipinski definition) is 4. The highest BCUT2D eigenvalue weighted by Crippen LogP contribution is 2.36. The summed E-state index contributed by atoms with van der Waals surface area (Å²) in [7, 11) is 0. The van der Waals surface area contributed by atoms with Crippen molar-refractivity contribution in [1.29, 1.82) is 0 Å². The van der Waals surface area contributed by atoms with Crippen LogP contribution in [0.3, 0.4) is 0 Å². The average Bonchev–Trinajstić information content (AvgIpc) is 3.49. The SMILES string of the molecule is O=C(Nc1ccc(-n2cncn2)c(F)c1)C1CCCCC1C(=O)N1CCc2ccccc21. The minimum absolute atomic E-state index is 0.0162. The molecule has 1 saturated carbocycles. The maximum absolute atomic E-state index is 14.6. The first-order chi connectivity index (χ1) is 15.6. The van der Waals surface area contributed by atoms with Crippen LogP contribution in [0.4, 0.5) is 15.8 Å². The zero-order chi connectivity index (χ0) is 22.1. The van der Waals surface area contributed by atoms with Crippen LogP contribution in [0, 0.1) is 17.7 Å². The van der Waals surface area contributed by atoms with Gasteiger partial charge in [0.05, 0.1) is 5.92 Å². The van der Waals surface area contributed by atoms with E-state index in [1.54, 1.807) is 12.1 Å². The molecule has 7 nitrogen and oxygen atoms in total. The van der Waals surface area contributed by atoms with Gasteiger partial charge in [-0.1, -0.05) is 31.0 Å². The zero-order valence-corrected chi connectivity index (χ0v) is 17.6. The van der Waals surface area contributed by atoms with E-state index in [4.69, 9.17) is 0 Å². The van der Waals surface area contributed by atoms with E-state index in [2.05, 4.69) is 15.4 Å². The van der Waals surface area contributed by atoms with Gasteiger partial charge in [0.15, 0.2) is 5.82 Å². The van der Waals surface area contributed by atoms with Crippen LogP contribution in [0.15, 0.2) is 55.1 Å². The fourth-order valence-electron chi connectivity index (χ4n) is 4.85. The van der Waals surface area contributed by atoms with Gasteiger partial charge in [0.1, 0.15) is 18.3 Å². The molecule has 0 spiro atoms. The van der Waals surface area contributed by atoms with Gasteiger partial charge in [0, 0.05) is 23.8 Å². The van der Waals surface area contributed by atoms with Gasteiger partial charge in [-0.05, 0) is 49.1 Å². The summed E-state index contributed by atoms with van der Waals surface area (Å²) >= 11 is 0. The standard InChI is InChI=1S/C24H24FN5O2/c25-20-13-17(9-10-22(20)30-15-26-14-27-30)28-23(31)18-6-2-3-7-19(18)24(32)29-12-11-16-5-1-4-8-21(16)29/h1,4-5,8-10,13-15,18-19H,2-3,6-7,11-12H2,(H,28,31). The third-order valence-electron chi connectivity index (χ3n) is 6.45. The molecule has 164 valence electrons. The van der Waals surface area contributed by atoms with Crippen LogP contribution >= 0.6 is 0 Å². The van der Waals surface area contributed by atoms with Crippen molar-refractivity contribution in [1.82, 2.24) is 14.8 Å². The Bertz CT molecular complexity index is 1150. The van der Waals surface area contributed by atoms with Crippen molar-refractivity contribution in [2.75, 3.05) is 16.8 Å². The lowest BCUT2D eigenvalue weighted by Crippen LogP contribution is -2.43. The Hall–Kier alpha value is -3.55. The number of carbonyl (C=O) groups excluding carboxylic acids is 2. The van der Waals surface area contributed by atoms with Gasteiger partial charge in [0.25, 0.3) is 0 Å². The largest absolute Gasteiger partial charge is 0.326 e. The number of amides is 2. The van der Waals surface area contributed by atoms with E-state index in [9.17, 15) is 14.0 Å². The molecular weight excluding hydrogens is 409 g/mol. The molecule has 2 heterocycles. The van der Waals surface area contributed by atoms with E-state index in [0.717, 1.165) is 24.9 Å². The molecule has 3 aromatic rings. The summed E-state index contributed by atoms with van der Waals surface area (Å²) in [6, 6.07) is 12.4. The minimum atomic E-state index is -0.516. The van der Waals surface area contributed by atoms with Gasteiger partial charge in [-0.3, -0.25) is 9.59 Å². The Balaban J connectivity index is 1.32. The Morgan fingerprint density at radius 2 is 1.84 bits per heavy atom. The van der Waals surface area contributed by atoms with Crippen LogP contribution in [0.5, 0.6) is 0 Å². The van der Waals surface area contributed by atoms with E-state index >= 15 is 0 Å². The molecule has 1 N–H and O–H groups in total. The molecule has 2 aliphatic rings. The van der Waals surface area contributed by atoms with Crippen LogP contribution in [0.25, 0.3) is 5.69 Å². The topological polar surface area (TPSA) is 80.1 Å². The van der Waals surface area contributed by atoms with Crippen LogP contribution in [-0.2, 0) is 16.0 Å². The van der Waals surface area contributed by atoms with E-state index in [0.29, 0.717) is 25.1 Å². The number of nitrogens with one attached hydrogen (secondary N) is 1. The van der Waals surface area contributed by atoms with Crippen LogP contribution in [0.1, 0.15) is 31.2 Å². The summed E-state index contributed by atoms with van der Waals surface area (Å²) < 4.78 is 15.9. The summed E-state index contributed by atoms with van der Waals surface area (Å²) in [6.45, 7) is 0.651. The van der Waals surface area contributed by atoms with E-state index in [1.165, 1.54) is 29.0 Å². The number of aromatic nitrogens is 3. The third kappa shape index (κ3) is 3.77. The normalized spacial score (nSPS) is 20.1. The van der Waals surface area contributed by atoms with Crippen molar-refractivity contribution in [2.24, 2.45) is 11.8 Å². The second-order valence-corrected chi connectivity index (χ2v) is 8.36. The lowest BCUT2D eigenvalue weighted by molar-refractivity contribution is -0.132. The molecule has 8 heteroatoms. The third-order valence-corrected chi connectivity index (χ3v) is 6.45. The number of hydrogen-bond donors (Lipinski definition) is 1. The number of anilines is 2. The first kappa shape index (κ1) is 20.4. The monoisotopic (exact) mass is 433 g/mol. The molecule has 1 aromatic heterocycles. The molecule has 2 aromatic carbocycles. The molecule has 5 rings (SSSR count). The molecule has 2 unspecified atom stereocenters. The highest BCUT2D eigenvalue weighted by molar-refractivity contribution is 6.02. The smallest absolute Gasteiger partial charge is 0.230 e. The molecular formula is C24H24FN5O2. The predicted octanol–water partition coefficient (Wildman–Crippen LogP) is 3.74. The van der Waals surface area contributed by atoms with Crippen LogP contribution in [-0.4, -0.2) is 33.1 Å². The molecule has 1 aliphatic heterocycles. The fraction of sp³-hybridized carbons (Fsp3) is 0.333. The molecule has 0 saturated heterocycles. The van der Waals surface area contributed by atoms with Gasteiger partial charge in [-0.15, -0.1) is 0 Å². The highest BCUT2D eigenvalue weighted by atomic mass is 19.1. The van der Waals surface area contributed by atoms with Crippen molar-refractivity contribution < 1.29 is 14.0 Å². The molecule has 32 heavy (non-hydrogen) atoms. The second kappa shape index (κ2) is 8.53. The molecule has 2 amide bonds. The number of fused-ring (bicyclic) bond motifs is 1. The lowest BCUT2D eigenvalue weighted by Gasteiger charge is -2.32. The number of halogens is 1. The minimum Gasteiger partial charge on any atom is -0.326 e. The predicted molar refractivity (Wildman–Crippen MR) is 118 cm³/mol. The van der Waals surface area contributed by atoms with Crippen molar-refractivity contribution >= 4 is 23.2 Å². The number of carbonyl (C=O) groups is 2. The fourth-order valence-corrected chi connectivity index (χ4v) is 4.85. The maximum Gasteiger partial charge on any atom is 0.230 e. The summed E-state index contributed by atoms with van der Waals surface area (Å²) in [6.07, 6.45) is 6.74. The molecule has 0 bridgehead atoms. The molecule has 1 aliphatic carbocycles. The first-order valence-corrected chi connectivity index (χ1v) is 11.0. The zero-order valence-electron chi connectivity index (χ0n) is 17.6. The van der Waals surface area contributed by atoms with Crippen LogP contribution < -0.4 is 10.2 Å². The van der Waals surface area contributed by atoms with Crippen molar-refractivity contribution in [3.05, 3.63) is 66.5 Å². The van der Waals surface area contributed by atoms with Gasteiger partial charge < -0.3 is 10.2 Å². The Labute approximate surface area is 185 Å². The summed E-state index contributed by atoms with van der Waals surface area (Å²) in [5.41, 5.74) is 2.73. The number of rotatable bonds is 4. The second-order valence-electron chi connectivity index (χ2n) is 8.36. The van der Waals surface area contributed by atoms with E-state index in [1.807, 2.05) is 29.2 Å². The Morgan fingerprint density at radius 1 is 1.03 bits per heavy atom. The molecule has 1 fully saturated rings. The first-order valence-electron chi connectivity index (χ1n) is 11.0. The molecule has 0 radical (unpaired) electrons. The lowest BCUT2D eigenvalue weighted by atomic mass is 9.77. The maximum atomic E-state index is 14.6. The summed E-state index contributed by atoms with van der Waals surface area (Å²) in [5.74, 6) is -1.53. The van der Waals surface area contributed by atoms with Crippen molar-refractivity contribution in [3.8, 4) is 5.69 Å². The summed E-state index contributed by atoms with van der Waals surface area (Å²) in [5, 5.41) is 6.76. The van der Waals surface area contributed by atoms with Gasteiger partial charge in [-0.2, -0.15) is 5.10 Å². The van der Waals surface area contributed by atoms with Gasteiger partial charge >= 0.3 is 0 Å². The van der Waals surface area contributed by atoms with Gasteiger partial charge in [0.2, 0.25) is 11.8 Å². The van der Waals surface area contributed by atoms with Crippen molar-refractivity contribution in [3.63, 3.8) is 0 Å².